The maximum absolute atomic E-state index is 12.1. The molecule has 0 bridgehead atoms. The van der Waals surface area contributed by atoms with Gasteiger partial charge in [-0.15, -0.1) is 0 Å². The smallest absolute Gasteiger partial charge is 0.311 e. The van der Waals surface area contributed by atoms with Crippen LogP contribution in [0.5, 0.6) is 0 Å². The van der Waals surface area contributed by atoms with Gasteiger partial charge in [0.2, 0.25) is 0 Å². The van der Waals surface area contributed by atoms with Gasteiger partial charge in [-0.1, -0.05) is 0 Å². The molecule has 1 heterocycles. The second-order valence-electron chi connectivity index (χ2n) is 5.78. The predicted octanol–water partition coefficient (Wildman–Crippen LogP) is 1.78. The van der Waals surface area contributed by atoms with Gasteiger partial charge < -0.3 is 10.4 Å². The zero-order valence-electron chi connectivity index (χ0n) is 12.2. The molecule has 1 aromatic heterocycles. The Bertz CT molecular complexity index is 714. The van der Waals surface area contributed by atoms with Crippen molar-refractivity contribution in [3.63, 3.8) is 0 Å². The summed E-state index contributed by atoms with van der Waals surface area (Å²) in [6, 6.07) is 7.04. The Morgan fingerprint density at radius 3 is 2.50 bits per heavy atom. The van der Waals surface area contributed by atoms with Gasteiger partial charge in [-0.05, 0) is 49.6 Å². The molecule has 2 aromatic rings. The van der Waals surface area contributed by atoms with E-state index in [0.717, 1.165) is 11.3 Å². The Balaban J connectivity index is 1.65. The van der Waals surface area contributed by atoms with Crippen molar-refractivity contribution in [1.29, 1.82) is 0 Å². The molecule has 1 amide bonds. The highest BCUT2D eigenvalue weighted by Crippen LogP contribution is 2.45. The normalized spacial score (nSPS) is 15.3. The number of aliphatic carboxylic acids is 1. The highest BCUT2D eigenvalue weighted by atomic mass is 16.4. The number of amides is 1. The second-order valence-corrected chi connectivity index (χ2v) is 5.78. The summed E-state index contributed by atoms with van der Waals surface area (Å²) in [5, 5.41) is 16.0. The number of carboxylic acids is 1. The molecule has 6 heteroatoms. The largest absolute Gasteiger partial charge is 0.481 e. The lowest BCUT2D eigenvalue weighted by Crippen LogP contribution is -2.34. The number of carbonyl (C=O) groups is 2. The van der Waals surface area contributed by atoms with Crippen LogP contribution < -0.4 is 5.32 Å². The van der Waals surface area contributed by atoms with Gasteiger partial charge in [0.05, 0.1) is 17.3 Å². The van der Waals surface area contributed by atoms with Crippen molar-refractivity contribution in [1.82, 2.24) is 15.1 Å². The number of nitrogens with zero attached hydrogens (tertiary/aromatic N) is 2. The van der Waals surface area contributed by atoms with Crippen LogP contribution in [0.15, 0.2) is 36.7 Å². The first-order chi connectivity index (χ1) is 10.5. The summed E-state index contributed by atoms with van der Waals surface area (Å²) in [5.74, 6) is -1.09. The summed E-state index contributed by atoms with van der Waals surface area (Å²) in [6.07, 6.45) is 4.92. The van der Waals surface area contributed by atoms with Crippen molar-refractivity contribution >= 4 is 11.9 Å². The summed E-state index contributed by atoms with van der Waals surface area (Å²) in [6.45, 7) is 2.14. The number of rotatable bonds is 5. The third-order valence-corrected chi connectivity index (χ3v) is 4.00. The molecule has 1 aliphatic rings. The molecule has 1 saturated carbocycles. The van der Waals surface area contributed by atoms with Gasteiger partial charge in [0.1, 0.15) is 0 Å². The van der Waals surface area contributed by atoms with Crippen molar-refractivity contribution in [3.05, 3.63) is 47.8 Å². The number of nitrogens with one attached hydrogen (secondary N) is 1. The molecule has 0 radical (unpaired) electrons. The van der Waals surface area contributed by atoms with Crippen LogP contribution in [0, 0.1) is 12.3 Å². The van der Waals surface area contributed by atoms with Gasteiger partial charge >= 0.3 is 5.97 Å². The van der Waals surface area contributed by atoms with Crippen LogP contribution in [0.3, 0.4) is 0 Å². The van der Waals surface area contributed by atoms with Crippen LogP contribution in [0.25, 0.3) is 5.69 Å². The first kappa shape index (κ1) is 14.3. The summed E-state index contributed by atoms with van der Waals surface area (Å²) < 4.78 is 1.74. The van der Waals surface area contributed by atoms with Crippen molar-refractivity contribution in [2.75, 3.05) is 6.54 Å². The van der Waals surface area contributed by atoms with Crippen LogP contribution in [-0.2, 0) is 4.79 Å². The third kappa shape index (κ3) is 2.72. The van der Waals surface area contributed by atoms with Crippen LogP contribution in [0.2, 0.25) is 0 Å². The van der Waals surface area contributed by atoms with E-state index in [0.29, 0.717) is 18.4 Å². The van der Waals surface area contributed by atoms with Crippen molar-refractivity contribution in [2.24, 2.45) is 5.41 Å². The molecule has 3 rings (SSSR count). The molecule has 2 N–H and O–H groups in total. The molecule has 1 aliphatic carbocycles. The number of aryl methyl sites for hydroxylation is 1. The van der Waals surface area contributed by atoms with E-state index in [-0.39, 0.29) is 12.5 Å². The van der Waals surface area contributed by atoms with E-state index >= 15 is 0 Å². The van der Waals surface area contributed by atoms with Gasteiger partial charge in [0, 0.05) is 18.3 Å². The molecule has 1 fully saturated rings. The third-order valence-electron chi connectivity index (χ3n) is 4.00. The summed E-state index contributed by atoms with van der Waals surface area (Å²) in [7, 11) is 0. The highest BCUT2D eigenvalue weighted by molar-refractivity contribution is 5.94. The van der Waals surface area contributed by atoms with E-state index in [1.807, 2.05) is 25.3 Å². The molecular weight excluding hydrogens is 282 g/mol. The number of aromatic nitrogens is 2. The van der Waals surface area contributed by atoms with E-state index in [1.165, 1.54) is 0 Å². The average Bonchev–Trinajstić information content (AvgIpc) is 3.20. The maximum Gasteiger partial charge on any atom is 0.311 e. The molecule has 0 atom stereocenters. The summed E-state index contributed by atoms with van der Waals surface area (Å²) in [5.41, 5.74) is 1.69. The Morgan fingerprint density at radius 2 is 2.00 bits per heavy atom. The summed E-state index contributed by atoms with van der Waals surface area (Å²) >= 11 is 0. The topological polar surface area (TPSA) is 84.2 Å². The van der Waals surface area contributed by atoms with Gasteiger partial charge in [-0.2, -0.15) is 5.10 Å². The number of carbonyl (C=O) groups excluding carboxylic acids is 1. The lowest BCUT2D eigenvalue weighted by Gasteiger charge is -2.11. The quantitative estimate of drug-likeness (QED) is 0.881. The van der Waals surface area contributed by atoms with Crippen molar-refractivity contribution in [2.45, 2.75) is 19.8 Å². The van der Waals surface area contributed by atoms with E-state index in [2.05, 4.69) is 10.4 Å². The van der Waals surface area contributed by atoms with E-state index in [9.17, 15) is 9.59 Å². The minimum atomic E-state index is -0.836. The van der Waals surface area contributed by atoms with Crippen LogP contribution in [-0.4, -0.2) is 33.3 Å². The van der Waals surface area contributed by atoms with Crippen LogP contribution in [0.4, 0.5) is 0 Å². The van der Waals surface area contributed by atoms with Crippen molar-refractivity contribution < 1.29 is 14.7 Å². The molecule has 0 spiro atoms. The monoisotopic (exact) mass is 299 g/mol. The predicted molar refractivity (Wildman–Crippen MR) is 79.9 cm³/mol. The van der Waals surface area contributed by atoms with Crippen LogP contribution >= 0.6 is 0 Å². The fraction of sp³-hybridized carbons (Fsp3) is 0.312. The van der Waals surface area contributed by atoms with Gasteiger partial charge in [0.15, 0.2) is 0 Å². The minimum Gasteiger partial charge on any atom is -0.481 e. The average molecular weight is 299 g/mol. The molecule has 22 heavy (non-hydrogen) atoms. The minimum absolute atomic E-state index is 0.182. The van der Waals surface area contributed by atoms with Gasteiger partial charge in [0.25, 0.3) is 5.91 Å². The van der Waals surface area contributed by atoms with E-state index in [4.69, 9.17) is 5.11 Å². The number of benzene rings is 1. The number of hydrogen-bond acceptors (Lipinski definition) is 3. The Morgan fingerprint density at radius 1 is 1.32 bits per heavy atom. The maximum atomic E-state index is 12.1. The van der Waals surface area contributed by atoms with E-state index < -0.39 is 11.4 Å². The lowest BCUT2D eigenvalue weighted by atomic mass is 10.1. The SMILES string of the molecule is Cc1cnn(-c2ccc(C(=O)NCC3(C(=O)O)CC3)cc2)c1. The van der Waals surface area contributed by atoms with Crippen molar-refractivity contribution in [3.8, 4) is 5.69 Å². The standard InChI is InChI=1S/C16H17N3O3/c1-11-8-18-19(9-11)13-4-2-12(3-5-13)14(20)17-10-16(6-7-16)15(21)22/h2-5,8-9H,6-7,10H2,1H3,(H,17,20)(H,21,22). The molecule has 0 unspecified atom stereocenters. The molecule has 114 valence electrons. The first-order valence-corrected chi connectivity index (χ1v) is 7.13. The first-order valence-electron chi connectivity index (χ1n) is 7.13. The fourth-order valence-electron chi connectivity index (χ4n) is 2.29. The lowest BCUT2D eigenvalue weighted by molar-refractivity contribution is -0.143. The number of hydrogen-bond donors (Lipinski definition) is 2. The molecule has 6 nitrogen and oxygen atoms in total. The van der Waals surface area contributed by atoms with Crippen LogP contribution in [0.1, 0.15) is 28.8 Å². The second kappa shape index (κ2) is 5.29. The molecule has 0 aliphatic heterocycles. The highest BCUT2D eigenvalue weighted by Gasteiger charge is 2.50. The fourth-order valence-corrected chi connectivity index (χ4v) is 2.29. The Hall–Kier alpha value is -2.63. The Labute approximate surface area is 127 Å². The Kier molecular flexibility index (Phi) is 3.44. The van der Waals surface area contributed by atoms with Gasteiger partial charge in [-0.3, -0.25) is 9.59 Å². The summed E-state index contributed by atoms with van der Waals surface area (Å²) in [4.78, 5) is 23.1. The zero-order chi connectivity index (χ0) is 15.7. The van der Waals surface area contributed by atoms with E-state index in [1.54, 1.807) is 23.0 Å². The zero-order valence-corrected chi connectivity index (χ0v) is 12.2. The van der Waals surface area contributed by atoms with Gasteiger partial charge in [-0.25, -0.2) is 4.68 Å². The molecule has 0 saturated heterocycles. The number of carboxylic acid groups (broad SMARTS) is 1. The molecule has 1 aromatic carbocycles. The molecular formula is C16H17N3O3.